The first-order valence-electron chi connectivity index (χ1n) is 7.37. The first-order valence-corrected chi connectivity index (χ1v) is 8.19. The van der Waals surface area contributed by atoms with Gasteiger partial charge in [-0.2, -0.15) is 0 Å². The molecule has 0 unspecified atom stereocenters. The second-order valence-electron chi connectivity index (χ2n) is 5.40. The number of pyridine rings is 3. The van der Waals surface area contributed by atoms with Gasteiger partial charge in [0.25, 0.3) is 0 Å². The van der Waals surface area contributed by atoms with Crippen LogP contribution < -0.4 is 0 Å². The monoisotopic (exact) mass is 313 g/mol. The van der Waals surface area contributed by atoms with Crippen molar-refractivity contribution in [1.29, 1.82) is 0 Å². The van der Waals surface area contributed by atoms with Crippen molar-refractivity contribution in [3.63, 3.8) is 0 Å². The van der Waals surface area contributed by atoms with Gasteiger partial charge in [-0.1, -0.05) is 24.3 Å². The molecule has 0 atom stereocenters. The summed E-state index contributed by atoms with van der Waals surface area (Å²) in [6.45, 7) is 0. The molecule has 0 saturated carbocycles. The largest absolute Gasteiger partial charge is 0.262 e. The number of fused-ring (bicyclic) bond motifs is 4. The Bertz CT molecular complexity index is 1180. The second-order valence-corrected chi connectivity index (χ2v) is 6.45. The molecule has 5 rings (SSSR count). The van der Waals surface area contributed by atoms with E-state index in [1.807, 2.05) is 18.3 Å². The van der Waals surface area contributed by atoms with Crippen LogP contribution in [0.15, 0.2) is 67.1 Å². The van der Waals surface area contributed by atoms with Crippen molar-refractivity contribution in [2.24, 2.45) is 0 Å². The Balaban J connectivity index is 1.84. The number of benzene rings is 1. The quantitative estimate of drug-likeness (QED) is 0.434. The number of hydrogen-bond acceptors (Lipinski definition) is 4. The van der Waals surface area contributed by atoms with E-state index in [9.17, 15) is 0 Å². The van der Waals surface area contributed by atoms with Crippen LogP contribution in [-0.4, -0.2) is 15.0 Å². The summed E-state index contributed by atoms with van der Waals surface area (Å²) in [6, 6.07) is 16.6. The van der Waals surface area contributed by atoms with Crippen LogP contribution in [0.3, 0.4) is 0 Å². The van der Waals surface area contributed by atoms with E-state index in [2.05, 4.69) is 46.4 Å². The van der Waals surface area contributed by atoms with Crippen LogP contribution in [0.25, 0.3) is 42.5 Å². The van der Waals surface area contributed by atoms with Gasteiger partial charge in [-0.05, 0) is 24.3 Å². The molecule has 0 spiro atoms. The molecule has 1 aromatic carbocycles. The van der Waals surface area contributed by atoms with E-state index in [4.69, 9.17) is 4.98 Å². The Morgan fingerprint density at radius 1 is 0.826 bits per heavy atom. The molecule has 0 fully saturated rings. The normalized spacial score (nSPS) is 11.5. The number of rotatable bonds is 1. The Kier molecular flexibility index (Phi) is 2.66. The molecule has 3 nitrogen and oxygen atoms in total. The van der Waals surface area contributed by atoms with Crippen LogP contribution in [0.5, 0.6) is 0 Å². The summed E-state index contributed by atoms with van der Waals surface area (Å²) in [5.74, 6) is 0. The summed E-state index contributed by atoms with van der Waals surface area (Å²) in [6.07, 6.45) is 5.45. The molecule has 4 aromatic heterocycles. The van der Waals surface area contributed by atoms with E-state index in [1.54, 1.807) is 23.7 Å². The van der Waals surface area contributed by atoms with E-state index in [1.165, 1.54) is 20.2 Å². The third kappa shape index (κ3) is 1.92. The molecule has 23 heavy (non-hydrogen) atoms. The molecule has 0 radical (unpaired) electrons. The fraction of sp³-hybridized carbons (Fsp3) is 0. The van der Waals surface area contributed by atoms with Gasteiger partial charge in [0.15, 0.2) is 0 Å². The molecule has 0 aliphatic carbocycles. The van der Waals surface area contributed by atoms with Gasteiger partial charge in [0, 0.05) is 33.3 Å². The van der Waals surface area contributed by atoms with Crippen LogP contribution >= 0.6 is 11.3 Å². The van der Waals surface area contributed by atoms with Gasteiger partial charge < -0.3 is 0 Å². The van der Waals surface area contributed by atoms with Crippen molar-refractivity contribution >= 4 is 42.4 Å². The van der Waals surface area contributed by atoms with Crippen molar-refractivity contribution < 1.29 is 0 Å². The molecule has 0 saturated heterocycles. The zero-order valence-corrected chi connectivity index (χ0v) is 12.9. The van der Waals surface area contributed by atoms with Gasteiger partial charge in [-0.3, -0.25) is 9.97 Å². The van der Waals surface area contributed by atoms with Crippen LogP contribution in [-0.2, 0) is 0 Å². The lowest BCUT2D eigenvalue weighted by atomic mass is 10.1. The number of aromatic nitrogens is 3. The van der Waals surface area contributed by atoms with Gasteiger partial charge in [0.1, 0.15) is 5.69 Å². The molecule has 0 aliphatic heterocycles. The average molecular weight is 313 g/mol. The minimum atomic E-state index is 0.891. The number of hydrogen-bond donors (Lipinski definition) is 0. The van der Waals surface area contributed by atoms with E-state index in [0.717, 1.165) is 22.3 Å². The molecule has 0 amide bonds. The van der Waals surface area contributed by atoms with Crippen molar-refractivity contribution in [3.8, 4) is 11.4 Å². The first kappa shape index (κ1) is 12.7. The zero-order valence-electron chi connectivity index (χ0n) is 12.1. The topological polar surface area (TPSA) is 38.7 Å². The summed E-state index contributed by atoms with van der Waals surface area (Å²) in [7, 11) is 0. The van der Waals surface area contributed by atoms with E-state index >= 15 is 0 Å². The second kappa shape index (κ2) is 4.83. The molecule has 0 N–H and O–H groups in total. The fourth-order valence-corrected chi connectivity index (χ4v) is 4.13. The highest BCUT2D eigenvalue weighted by molar-refractivity contribution is 7.26. The van der Waals surface area contributed by atoms with Gasteiger partial charge >= 0.3 is 0 Å². The lowest BCUT2D eigenvalue weighted by Gasteiger charge is -2.03. The molecular formula is C19H11N3S. The predicted octanol–water partition coefficient (Wildman–Crippen LogP) is 5.06. The standard InChI is InChI=1S/C19H11N3S/c1-2-4-17-13(3-1)14-8-10-21-18(19(14)23-17)15-6-5-12-7-9-20-11-16(12)22-15/h1-11H. The lowest BCUT2D eigenvalue weighted by molar-refractivity contribution is 1.28. The SMILES string of the molecule is c1ccc2c(c1)sc1c(-c3ccc4ccncc4n3)nccc12. The van der Waals surface area contributed by atoms with Crippen LogP contribution in [0.2, 0.25) is 0 Å². The van der Waals surface area contributed by atoms with Crippen LogP contribution in [0, 0.1) is 0 Å². The van der Waals surface area contributed by atoms with Crippen molar-refractivity contribution in [3.05, 3.63) is 67.1 Å². The molecule has 108 valence electrons. The highest BCUT2D eigenvalue weighted by Crippen LogP contribution is 2.38. The molecular weight excluding hydrogens is 302 g/mol. The lowest BCUT2D eigenvalue weighted by Crippen LogP contribution is -1.89. The van der Waals surface area contributed by atoms with Crippen molar-refractivity contribution in [2.75, 3.05) is 0 Å². The number of nitrogens with zero attached hydrogens (tertiary/aromatic N) is 3. The van der Waals surface area contributed by atoms with E-state index < -0.39 is 0 Å². The third-order valence-corrected chi connectivity index (χ3v) is 5.22. The van der Waals surface area contributed by atoms with Gasteiger partial charge in [-0.15, -0.1) is 11.3 Å². The molecule has 5 aromatic rings. The summed E-state index contributed by atoms with van der Waals surface area (Å²) in [5, 5.41) is 3.61. The van der Waals surface area contributed by atoms with Crippen molar-refractivity contribution in [1.82, 2.24) is 15.0 Å². The Hall–Kier alpha value is -2.85. The first-order chi connectivity index (χ1) is 11.4. The van der Waals surface area contributed by atoms with Crippen LogP contribution in [0.4, 0.5) is 0 Å². The smallest absolute Gasteiger partial charge is 0.106 e. The molecule has 4 heteroatoms. The Morgan fingerprint density at radius 3 is 2.78 bits per heavy atom. The van der Waals surface area contributed by atoms with Crippen molar-refractivity contribution in [2.45, 2.75) is 0 Å². The maximum atomic E-state index is 4.75. The maximum absolute atomic E-state index is 4.75. The highest BCUT2D eigenvalue weighted by atomic mass is 32.1. The maximum Gasteiger partial charge on any atom is 0.106 e. The van der Waals surface area contributed by atoms with E-state index in [0.29, 0.717) is 0 Å². The van der Waals surface area contributed by atoms with Crippen LogP contribution in [0.1, 0.15) is 0 Å². The number of thiophene rings is 1. The Labute approximate surface area is 136 Å². The van der Waals surface area contributed by atoms with Gasteiger partial charge in [0.2, 0.25) is 0 Å². The molecule has 0 aliphatic rings. The Morgan fingerprint density at radius 2 is 1.78 bits per heavy atom. The van der Waals surface area contributed by atoms with Gasteiger partial charge in [-0.25, -0.2) is 4.98 Å². The summed E-state index contributed by atoms with van der Waals surface area (Å²) < 4.78 is 2.46. The van der Waals surface area contributed by atoms with E-state index in [-0.39, 0.29) is 0 Å². The highest BCUT2D eigenvalue weighted by Gasteiger charge is 2.12. The summed E-state index contributed by atoms with van der Waals surface area (Å²) in [4.78, 5) is 13.5. The molecule has 4 heterocycles. The molecule has 0 bridgehead atoms. The fourth-order valence-electron chi connectivity index (χ4n) is 2.93. The zero-order chi connectivity index (χ0) is 15.2. The van der Waals surface area contributed by atoms with Gasteiger partial charge in [0.05, 0.1) is 22.1 Å². The minimum Gasteiger partial charge on any atom is -0.262 e. The minimum absolute atomic E-state index is 0.891. The summed E-state index contributed by atoms with van der Waals surface area (Å²) in [5.41, 5.74) is 2.72. The predicted molar refractivity (Wildman–Crippen MR) is 95.7 cm³/mol. The third-order valence-electron chi connectivity index (χ3n) is 4.03. The summed E-state index contributed by atoms with van der Waals surface area (Å²) >= 11 is 1.77. The average Bonchev–Trinajstić information content (AvgIpc) is 3.00.